The number of carbonyl (C=O) groups excluding carboxylic acids is 1. The molecule has 2 aliphatic heterocycles. The molecule has 2 aliphatic rings. The molecule has 8 nitrogen and oxygen atoms in total. The number of sulfonamides is 2. The number of rotatable bonds is 4. The Morgan fingerprint density at radius 2 is 1.50 bits per heavy atom. The van der Waals surface area contributed by atoms with Gasteiger partial charge in [0.05, 0.1) is 11.2 Å². The van der Waals surface area contributed by atoms with Crippen molar-refractivity contribution >= 4 is 41.9 Å². The summed E-state index contributed by atoms with van der Waals surface area (Å²) in [5.41, 5.74) is 0. The van der Waals surface area contributed by atoms with Gasteiger partial charge in [-0.2, -0.15) is 4.31 Å². The maximum Gasteiger partial charge on any atom is 0.244 e. The Morgan fingerprint density at radius 3 is 2.04 bits per heavy atom. The van der Waals surface area contributed by atoms with Crippen LogP contribution in [0.25, 0.3) is 0 Å². The van der Waals surface area contributed by atoms with Gasteiger partial charge in [0.25, 0.3) is 0 Å². The summed E-state index contributed by atoms with van der Waals surface area (Å²) in [6.45, 7) is 1.88. The molecule has 2 saturated heterocycles. The van der Waals surface area contributed by atoms with Crippen molar-refractivity contribution in [3.63, 3.8) is 0 Å². The number of halogens is 1. The Labute approximate surface area is 174 Å². The van der Waals surface area contributed by atoms with E-state index < -0.39 is 20.0 Å². The van der Waals surface area contributed by atoms with Crippen LogP contribution in [0.4, 0.5) is 0 Å². The quantitative estimate of drug-likeness (QED) is 0.622. The summed E-state index contributed by atoms with van der Waals surface area (Å²) < 4.78 is 52.2. The Balaban J connectivity index is 1.58. The van der Waals surface area contributed by atoms with Crippen LogP contribution in [0.2, 0.25) is 0 Å². The number of amides is 1. The van der Waals surface area contributed by atoms with Gasteiger partial charge in [-0.3, -0.25) is 4.79 Å². The SMILES string of the molecule is CS(=O)(=O)N1CCC(C(=O)N2CCN(S(=O)(=O)c3ccccc3Br)CC2)CC1. The topological polar surface area (TPSA) is 95.1 Å². The average molecular weight is 494 g/mol. The molecule has 2 heterocycles. The summed E-state index contributed by atoms with van der Waals surface area (Å²) >= 11 is 3.29. The molecule has 0 aliphatic carbocycles. The number of piperidine rings is 1. The lowest BCUT2D eigenvalue weighted by Gasteiger charge is -2.37. The van der Waals surface area contributed by atoms with Crippen molar-refractivity contribution in [2.75, 3.05) is 45.5 Å². The van der Waals surface area contributed by atoms with E-state index in [0.29, 0.717) is 43.5 Å². The van der Waals surface area contributed by atoms with Crippen molar-refractivity contribution in [2.24, 2.45) is 5.92 Å². The maximum absolute atomic E-state index is 12.8. The molecule has 1 aromatic carbocycles. The number of piperazine rings is 1. The van der Waals surface area contributed by atoms with E-state index >= 15 is 0 Å². The first-order valence-electron chi connectivity index (χ1n) is 9.09. The number of hydrogen-bond donors (Lipinski definition) is 0. The first-order valence-corrected chi connectivity index (χ1v) is 13.2. The molecule has 0 radical (unpaired) electrons. The molecule has 1 amide bonds. The molecule has 0 spiro atoms. The van der Waals surface area contributed by atoms with Crippen molar-refractivity contribution in [3.8, 4) is 0 Å². The highest BCUT2D eigenvalue weighted by molar-refractivity contribution is 9.10. The van der Waals surface area contributed by atoms with Crippen LogP contribution in [-0.4, -0.2) is 81.8 Å². The maximum atomic E-state index is 12.8. The first-order chi connectivity index (χ1) is 13.1. The number of hydrogen-bond acceptors (Lipinski definition) is 5. The molecule has 3 rings (SSSR count). The lowest BCUT2D eigenvalue weighted by atomic mass is 9.96. The Hall–Kier alpha value is -1.01. The van der Waals surface area contributed by atoms with Gasteiger partial charge < -0.3 is 4.90 Å². The van der Waals surface area contributed by atoms with Crippen molar-refractivity contribution < 1.29 is 21.6 Å². The van der Waals surface area contributed by atoms with Crippen molar-refractivity contribution in [1.29, 1.82) is 0 Å². The van der Waals surface area contributed by atoms with Crippen LogP contribution >= 0.6 is 15.9 Å². The number of benzene rings is 1. The second-order valence-corrected chi connectivity index (χ2v) is 11.8. The smallest absolute Gasteiger partial charge is 0.244 e. The second-order valence-electron chi connectivity index (χ2n) is 7.10. The van der Waals surface area contributed by atoms with Crippen molar-refractivity contribution in [3.05, 3.63) is 28.7 Å². The number of nitrogens with zero attached hydrogens (tertiary/aromatic N) is 3. The van der Waals surface area contributed by atoms with E-state index in [0.717, 1.165) is 0 Å². The first kappa shape index (κ1) is 21.7. The third-order valence-electron chi connectivity index (χ3n) is 5.28. The van der Waals surface area contributed by atoms with Gasteiger partial charge >= 0.3 is 0 Å². The zero-order valence-electron chi connectivity index (χ0n) is 15.6. The normalized spacial score (nSPS) is 21.0. The molecular formula is C17H24BrN3O5S2. The van der Waals surface area contributed by atoms with Crippen LogP contribution in [-0.2, 0) is 24.8 Å². The van der Waals surface area contributed by atoms with E-state index in [9.17, 15) is 21.6 Å². The standard InChI is InChI=1S/C17H24BrN3O5S2/c1-27(23,24)20-8-6-14(7-9-20)17(22)19-10-12-21(13-11-19)28(25,26)16-5-3-2-4-15(16)18/h2-5,14H,6-13H2,1H3. The fraction of sp³-hybridized carbons (Fsp3) is 0.588. The minimum Gasteiger partial charge on any atom is -0.340 e. The van der Waals surface area contributed by atoms with Gasteiger partial charge in [0.1, 0.15) is 0 Å². The molecule has 156 valence electrons. The second kappa shape index (κ2) is 8.39. The Bertz CT molecular complexity index is 935. The summed E-state index contributed by atoms with van der Waals surface area (Å²) in [5.74, 6) is -0.212. The largest absolute Gasteiger partial charge is 0.340 e. The van der Waals surface area contributed by atoms with Crippen molar-refractivity contribution in [1.82, 2.24) is 13.5 Å². The lowest BCUT2D eigenvalue weighted by Crippen LogP contribution is -2.53. The summed E-state index contributed by atoms with van der Waals surface area (Å²) in [4.78, 5) is 14.7. The molecule has 28 heavy (non-hydrogen) atoms. The van der Waals surface area contributed by atoms with Gasteiger partial charge in [0.2, 0.25) is 26.0 Å². The molecule has 0 bridgehead atoms. The van der Waals surface area contributed by atoms with Crippen LogP contribution in [0.15, 0.2) is 33.6 Å². The minimum absolute atomic E-state index is 0.00825. The summed E-state index contributed by atoms with van der Waals surface area (Å²) in [6, 6.07) is 6.69. The zero-order chi connectivity index (χ0) is 20.5. The van der Waals surface area contributed by atoms with E-state index in [1.807, 2.05) is 0 Å². The van der Waals surface area contributed by atoms with E-state index in [-0.39, 0.29) is 29.8 Å². The van der Waals surface area contributed by atoms with E-state index in [4.69, 9.17) is 0 Å². The third-order valence-corrected chi connectivity index (χ3v) is 9.49. The highest BCUT2D eigenvalue weighted by Gasteiger charge is 2.35. The molecule has 2 fully saturated rings. The van der Waals surface area contributed by atoms with E-state index in [1.165, 1.54) is 14.9 Å². The van der Waals surface area contributed by atoms with Gasteiger partial charge in [-0.05, 0) is 40.9 Å². The fourth-order valence-electron chi connectivity index (χ4n) is 3.63. The van der Waals surface area contributed by atoms with Crippen LogP contribution < -0.4 is 0 Å². The molecule has 0 aromatic heterocycles. The molecule has 0 atom stereocenters. The van der Waals surface area contributed by atoms with Crippen LogP contribution in [0.1, 0.15) is 12.8 Å². The Morgan fingerprint density at radius 1 is 0.929 bits per heavy atom. The predicted molar refractivity (Wildman–Crippen MR) is 109 cm³/mol. The molecule has 0 N–H and O–H groups in total. The Kier molecular flexibility index (Phi) is 6.50. The molecule has 1 aromatic rings. The molecule has 11 heteroatoms. The zero-order valence-corrected chi connectivity index (χ0v) is 18.8. The van der Waals surface area contributed by atoms with Crippen LogP contribution in [0.5, 0.6) is 0 Å². The molecule has 0 unspecified atom stereocenters. The van der Waals surface area contributed by atoms with Gasteiger partial charge in [-0.1, -0.05) is 12.1 Å². The van der Waals surface area contributed by atoms with Gasteiger partial charge in [-0.15, -0.1) is 0 Å². The van der Waals surface area contributed by atoms with Crippen LogP contribution in [0.3, 0.4) is 0 Å². The van der Waals surface area contributed by atoms with Crippen molar-refractivity contribution in [2.45, 2.75) is 17.7 Å². The molecule has 0 saturated carbocycles. The minimum atomic E-state index is -3.62. The third kappa shape index (κ3) is 4.59. The summed E-state index contributed by atoms with van der Waals surface area (Å²) in [6.07, 6.45) is 2.18. The van der Waals surface area contributed by atoms with Gasteiger partial charge in [0.15, 0.2) is 0 Å². The summed E-state index contributed by atoms with van der Waals surface area (Å²) in [5, 5.41) is 0. The van der Waals surface area contributed by atoms with E-state index in [2.05, 4.69) is 15.9 Å². The van der Waals surface area contributed by atoms with Gasteiger partial charge in [-0.25, -0.2) is 21.1 Å². The number of carbonyl (C=O) groups is 1. The average Bonchev–Trinajstić information content (AvgIpc) is 2.67. The fourth-order valence-corrected chi connectivity index (χ4v) is 6.89. The highest BCUT2D eigenvalue weighted by atomic mass is 79.9. The van der Waals surface area contributed by atoms with E-state index in [1.54, 1.807) is 29.2 Å². The lowest BCUT2D eigenvalue weighted by molar-refractivity contribution is -0.137. The summed E-state index contributed by atoms with van der Waals surface area (Å²) in [7, 11) is -6.84. The van der Waals surface area contributed by atoms with Gasteiger partial charge in [0, 0.05) is 49.7 Å². The monoisotopic (exact) mass is 493 g/mol. The van der Waals surface area contributed by atoms with Crippen LogP contribution in [0, 0.1) is 5.92 Å². The molecular weight excluding hydrogens is 470 g/mol. The highest BCUT2D eigenvalue weighted by Crippen LogP contribution is 2.26. The predicted octanol–water partition coefficient (Wildman–Crippen LogP) is 0.954.